The van der Waals surface area contributed by atoms with Gasteiger partial charge >= 0.3 is 0 Å². The number of nitrogens with zero attached hydrogens (tertiary/aromatic N) is 3. The van der Waals surface area contributed by atoms with Crippen molar-refractivity contribution in [2.75, 3.05) is 12.3 Å². The standard InChI is InChI=1S/C19H18N4O2/c1-12(24)22-7-5-14-13(11-22)9-21-10-16(14)19(25)23-8-6-15-17(20)3-2-4-18(15)23/h2-4,6,8-10H,5,7,11,20H2,1H3. The quantitative estimate of drug-likeness (QED) is 0.692. The van der Waals surface area contributed by atoms with E-state index in [1.165, 1.54) is 0 Å². The molecule has 25 heavy (non-hydrogen) atoms. The van der Waals surface area contributed by atoms with Gasteiger partial charge in [0.1, 0.15) is 0 Å². The number of nitrogen functional groups attached to an aromatic ring is 1. The summed E-state index contributed by atoms with van der Waals surface area (Å²) in [6.07, 6.45) is 5.75. The summed E-state index contributed by atoms with van der Waals surface area (Å²) in [5.41, 5.74) is 9.91. The van der Waals surface area contributed by atoms with Crippen molar-refractivity contribution in [3.63, 3.8) is 0 Å². The number of amides is 1. The zero-order valence-corrected chi connectivity index (χ0v) is 13.9. The van der Waals surface area contributed by atoms with Crippen molar-refractivity contribution in [1.82, 2.24) is 14.5 Å². The van der Waals surface area contributed by atoms with Gasteiger partial charge in [-0.3, -0.25) is 19.1 Å². The first-order chi connectivity index (χ1) is 12.1. The van der Waals surface area contributed by atoms with Gasteiger partial charge in [0.15, 0.2) is 0 Å². The van der Waals surface area contributed by atoms with E-state index in [1.807, 2.05) is 24.3 Å². The van der Waals surface area contributed by atoms with Crippen LogP contribution in [0.5, 0.6) is 0 Å². The van der Waals surface area contributed by atoms with E-state index in [9.17, 15) is 9.59 Å². The van der Waals surface area contributed by atoms with E-state index in [0.29, 0.717) is 30.8 Å². The smallest absolute Gasteiger partial charge is 0.264 e. The van der Waals surface area contributed by atoms with Crippen molar-refractivity contribution in [2.24, 2.45) is 0 Å². The molecule has 0 bridgehead atoms. The highest BCUT2D eigenvalue weighted by Crippen LogP contribution is 2.26. The fourth-order valence-corrected chi connectivity index (χ4v) is 3.44. The van der Waals surface area contributed by atoms with Crippen molar-refractivity contribution < 1.29 is 9.59 Å². The minimum absolute atomic E-state index is 0.0364. The number of benzene rings is 1. The minimum atomic E-state index is -0.124. The third-order valence-electron chi connectivity index (χ3n) is 4.80. The average Bonchev–Trinajstić information content (AvgIpc) is 3.05. The molecule has 3 heterocycles. The Labute approximate surface area is 144 Å². The molecule has 0 unspecified atom stereocenters. The van der Waals surface area contributed by atoms with Crippen LogP contribution in [0.2, 0.25) is 0 Å². The second-order valence-electron chi connectivity index (χ2n) is 6.29. The largest absolute Gasteiger partial charge is 0.398 e. The Morgan fingerprint density at radius 1 is 1.20 bits per heavy atom. The fraction of sp³-hybridized carbons (Fsp3) is 0.211. The molecular formula is C19H18N4O2. The third-order valence-corrected chi connectivity index (χ3v) is 4.80. The predicted octanol–water partition coefficient (Wildman–Crippen LogP) is 2.21. The van der Waals surface area contributed by atoms with Crippen LogP contribution >= 0.6 is 0 Å². The molecule has 1 aromatic carbocycles. The molecule has 0 spiro atoms. The second kappa shape index (κ2) is 5.73. The summed E-state index contributed by atoms with van der Waals surface area (Å²) in [7, 11) is 0. The zero-order valence-electron chi connectivity index (χ0n) is 13.9. The Hall–Kier alpha value is -3.15. The molecule has 0 fully saturated rings. The molecule has 1 aliphatic rings. The molecule has 0 radical (unpaired) electrons. The topological polar surface area (TPSA) is 81.2 Å². The van der Waals surface area contributed by atoms with Crippen molar-refractivity contribution in [3.05, 3.63) is 59.5 Å². The van der Waals surface area contributed by atoms with Gasteiger partial charge in [-0.15, -0.1) is 0 Å². The first kappa shape index (κ1) is 15.4. The maximum Gasteiger partial charge on any atom is 0.264 e. The second-order valence-corrected chi connectivity index (χ2v) is 6.29. The summed E-state index contributed by atoms with van der Waals surface area (Å²) >= 11 is 0. The molecule has 1 aliphatic heterocycles. The maximum atomic E-state index is 13.1. The van der Waals surface area contributed by atoms with Gasteiger partial charge in [-0.25, -0.2) is 0 Å². The number of carbonyl (C=O) groups excluding carboxylic acids is 2. The van der Waals surface area contributed by atoms with E-state index in [4.69, 9.17) is 5.73 Å². The molecule has 0 saturated carbocycles. The molecule has 1 amide bonds. The Morgan fingerprint density at radius 3 is 2.84 bits per heavy atom. The summed E-state index contributed by atoms with van der Waals surface area (Å²) in [4.78, 5) is 30.7. The van der Waals surface area contributed by atoms with Crippen LogP contribution in [0.4, 0.5) is 5.69 Å². The summed E-state index contributed by atoms with van der Waals surface area (Å²) in [5.74, 6) is -0.0875. The molecule has 0 atom stereocenters. The maximum absolute atomic E-state index is 13.1. The number of anilines is 1. The first-order valence-corrected chi connectivity index (χ1v) is 8.18. The van der Waals surface area contributed by atoms with Gasteiger partial charge in [-0.05, 0) is 35.7 Å². The lowest BCUT2D eigenvalue weighted by Gasteiger charge is -2.28. The van der Waals surface area contributed by atoms with Crippen LogP contribution in [0.15, 0.2) is 42.9 Å². The molecule has 4 rings (SSSR count). The Kier molecular flexibility index (Phi) is 3.53. The van der Waals surface area contributed by atoms with Gasteiger partial charge in [0.25, 0.3) is 5.91 Å². The Bertz CT molecular complexity index is 1010. The number of carbonyl (C=O) groups is 2. The van der Waals surface area contributed by atoms with E-state index >= 15 is 0 Å². The number of hydrogen-bond acceptors (Lipinski definition) is 4. The summed E-state index contributed by atoms with van der Waals surface area (Å²) in [6, 6.07) is 7.39. The summed E-state index contributed by atoms with van der Waals surface area (Å²) < 4.78 is 1.61. The monoisotopic (exact) mass is 334 g/mol. The van der Waals surface area contributed by atoms with Crippen molar-refractivity contribution in [2.45, 2.75) is 19.9 Å². The SMILES string of the molecule is CC(=O)N1CCc2c(cncc2C(=O)n2ccc3c(N)cccc32)C1. The van der Waals surface area contributed by atoms with Crippen LogP contribution in [0, 0.1) is 0 Å². The molecule has 0 aliphatic carbocycles. The molecule has 0 saturated heterocycles. The zero-order chi connectivity index (χ0) is 17.6. The van der Waals surface area contributed by atoms with Gasteiger partial charge < -0.3 is 10.6 Å². The van der Waals surface area contributed by atoms with Gasteiger partial charge in [-0.1, -0.05) is 6.07 Å². The molecule has 3 aromatic rings. The van der Waals surface area contributed by atoms with E-state index < -0.39 is 0 Å². The number of fused-ring (bicyclic) bond motifs is 2. The average molecular weight is 334 g/mol. The fourth-order valence-electron chi connectivity index (χ4n) is 3.44. The van der Waals surface area contributed by atoms with Crippen LogP contribution in [-0.2, 0) is 17.8 Å². The van der Waals surface area contributed by atoms with Crippen LogP contribution in [0.1, 0.15) is 28.4 Å². The van der Waals surface area contributed by atoms with Crippen LogP contribution in [-0.4, -0.2) is 32.8 Å². The minimum Gasteiger partial charge on any atom is -0.398 e. The molecule has 6 heteroatoms. The summed E-state index contributed by atoms with van der Waals surface area (Å²) in [6.45, 7) is 2.67. The van der Waals surface area contributed by atoms with Gasteiger partial charge in [0.05, 0.1) is 11.1 Å². The number of rotatable bonds is 1. The predicted molar refractivity (Wildman–Crippen MR) is 95.1 cm³/mol. The number of pyridine rings is 1. The van der Waals surface area contributed by atoms with E-state index in [-0.39, 0.29) is 11.8 Å². The highest BCUT2D eigenvalue weighted by atomic mass is 16.2. The lowest BCUT2D eigenvalue weighted by atomic mass is 9.96. The van der Waals surface area contributed by atoms with E-state index in [1.54, 1.807) is 35.0 Å². The van der Waals surface area contributed by atoms with Crippen molar-refractivity contribution in [3.8, 4) is 0 Å². The molecule has 2 aromatic heterocycles. The van der Waals surface area contributed by atoms with Crippen LogP contribution < -0.4 is 5.73 Å². The van der Waals surface area contributed by atoms with Gasteiger partial charge in [0.2, 0.25) is 5.91 Å². The van der Waals surface area contributed by atoms with Crippen LogP contribution in [0.25, 0.3) is 10.9 Å². The summed E-state index contributed by atoms with van der Waals surface area (Å²) in [5, 5.41) is 0.858. The number of hydrogen-bond donors (Lipinski definition) is 1. The van der Waals surface area contributed by atoms with E-state index in [2.05, 4.69) is 4.98 Å². The lowest BCUT2D eigenvalue weighted by Crippen LogP contribution is -2.35. The Morgan fingerprint density at radius 2 is 2.04 bits per heavy atom. The number of aromatic nitrogens is 2. The number of nitrogens with two attached hydrogens (primary N) is 1. The lowest BCUT2D eigenvalue weighted by molar-refractivity contribution is -0.129. The molecule has 6 nitrogen and oxygen atoms in total. The van der Waals surface area contributed by atoms with Gasteiger partial charge in [0, 0.05) is 49.7 Å². The van der Waals surface area contributed by atoms with E-state index in [0.717, 1.165) is 22.0 Å². The highest BCUT2D eigenvalue weighted by molar-refractivity contribution is 6.05. The Balaban J connectivity index is 1.78. The molecular weight excluding hydrogens is 316 g/mol. The normalized spacial score (nSPS) is 13.7. The molecule has 126 valence electrons. The highest BCUT2D eigenvalue weighted by Gasteiger charge is 2.24. The molecule has 2 N–H and O–H groups in total. The third kappa shape index (κ3) is 2.46. The van der Waals surface area contributed by atoms with Crippen molar-refractivity contribution in [1.29, 1.82) is 0 Å². The first-order valence-electron chi connectivity index (χ1n) is 8.18. The van der Waals surface area contributed by atoms with Crippen LogP contribution in [0.3, 0.4) is 0 Å². The van der Waals surface area contributed by atoms with Crippen molar-refractivity contribution >= 4 is 28.4 Å². The van der Waals surface area contributed by atoms with Gasteiger partial charge in [-0.2, -0.15) is 0 Å².